The molecular formula is C23H22F3N3O2. The minimum atomic E-state index is -4.62. The van der Waals surface area contributed by atoms with Crippen molar-refractivity contribution in [3.63, 3.8) is 0 Å². The van der Waals surface area contributed by atoms with Gasteiger partial charge in [0.2, 0.25) is 5.43 Å². The summed E-state index contributed by atoms with van der Waals surface area (Å²) >= 11 is 0. The molecule has 1 heterocycles. The number of carbonyl (C=O) groups excluding carboxylic acids is 1. The fourth-order valence-electron chi connectivity index (χ4n) is 3.24. The van der Waals surface area contributed by atoms with Gasteiger partial charge in [-0.3, -0.25) is 9.59 Å². The molecule has 3 rings (SSSR count). The number of rotatable bonds is 5. The summed E-state index contributed by atoms with van der Waals surface area (Å²) in [6.07, 6.45) is -4.62. The highest BCUT2D eigenvalue weighted by Crippen LogP contribution is 2.33. The molecule has 0 unspecified atom stereocenters. The first-order valence-electron chi connectivity index (χ1n) is 9.72. The van der Waals surface area contributed by atoms with E-state index in [0.29, 0.717) is 0 Å². The molecule has 0 fully saturated rings. The zero-order chi connectivity index (χ0) is 22.8. The van der Waals surface area contributed by atoms with Crippen LogP contribution in [0.4, 0.5) is 13.2 Å². The Kier molecular flexibility index (Phi) is 6.29. The fraction of sp³-hybridized carbons (Fsp3) is 0.261. The summed E-state index contributed by atoms with van der Waals surface area (Å²) in [4.78, 5) is 27.3. The maximum atomic E-state index is 13.5. The van der Waals surface area contributed by atoms with Gasteiger partial charge >= 0.3 is 6.18 Å². The first-order valence-corrected chi connectivity index (χ1v) is 9.72. The third kappa shape index (κ3) is 4.84. The largest absolute Gasteiger partial charge is 0.418 e. The zero-order valence-corrected chi connectivity index (χ0v) is 17.3. The van der Waals surface area contributed by atoms with E-state index < -0.39 is 28.8 Å². The van der Waals surface area contributed by atoms with Crippen LogP contribution in [0.15, 0.2) is 65.5 Å². The average molecular weight is 429 g/mol. The molecule has 0 N–H and O–H groups in total. The molecule has 1 amide bonds. The van der Waals surface area contributed by atoms with Gasteiger partial charge in [-0.15, -0.1) is 0 Å². The predicted octanol–water partition coefficient (Wildman–Crippen LogP) is 4.61. The molecule has 0 saturated heterocycles. The van der Waals surface area contributed by atoms with Gasteiger partial charge in [0.1, 0.15) is 0 Å². The van der Waals surface area contributed by atoms with Crippen LogP contribution in [0, 0.1) is 6.92 Å². The van der Waals surface area contributed by atoms with Gasteiger partial charge < -0.3 is 4.90 Å². The minimum absolute atomic E-state index is 0.192. The van der Waals surface area contributed by atoms with Gasteiger partial charge in [-0.1, -0.05) is 42.5 Å². The standard InChI is InChI=1S/C23H22F3N3O2/c1-15(2)28(14-17-9-5-4-6-10-17)22(31)21-20(30)13-16(3)29(27-21)19-12-8-7-11-18(19)23(24,25)26/h4-13,15H,14H2,1-3H3. The van der Waals surface area contributed by atoms with Crippen molar-refractivity contribution >= 4 is 5.91 Å². The van der Waals surface area contributed by atoms with E-state index in [-0.39, 0.29) is 24.0 Å². The fourth-order valence-corrected chi connectivity index (χ4v) is 3.24. The highest BCUT2D eigenvalue weighted by molar-refractivity contribution is 5.92. The molecule has 0 bridgehead atoms. The van der Waals surface area contributed by atoms with Crippen molar-refractivity contribution in [3.8, 4) is 5.69 Å². The van der Waals surface area contributed by atoms with Crippen LogP contribution in [0.1, 0.15) is 41.2 Å². The van der Waals surface area contributed by atoms with Gasteiger partial charge in [-0.2, -0.15) is 18.3 Å². The van der Waals surface area contributed by atoms with E-state index in [4.69, 9.17) is 0 Å². The molecule has 8 heteroatoms. The molecule has 0 spiro atoms. The summed E-state index contributed by atoms with van der Waals surface area (Å²) in [5, 5.41) is 4.07. The Hall–Kier alpha value is -3.42. The molecule has 31 heavy (non-hydrogen) atoms. The summed E-state index contributed by atoms with van der Waals surface area (Å²) in [6.45, 7) is 5.31. The zero-order valence-electron chi connectivity index (χ0n) is 17.3. The molecule has 5 nitrogen and oxygen atoms in total. The second kappa shape index (κ2) is 8.75. The monoisotopic (exact) mass is 429 g/mol. The van der Waals surface area contributed by atoms with Gasteiger partial charge in [0.25, 0.3) is 5.91 Å². The number of hydrogen-bond acceptors (Lipinski definition) is 3. The lowest BCUT2D eigenvalue weighted by Crippen LogP contribution is -2.40. The topological polar surface area (TPSA) is 55.2 Å². The van der Waals surface area contributed by atoms with Crippen molar-refractivity contribution in [1.82, 2.24) is 14.7 Å². The smallest absolute Gasteiger partial charge is 0.330 e. The minimum Gasteiger partial charge on any atom is -0.330 e. The highest BCUT2D eigenvalue weighted by Gasteiger charge is 2.34. The summed E-state index contributed by atoms with van der Waals surface area (Å²) < 4.78 is 41.5. The molecule has 0 radical (unpaired) electrons. The van der Waals surface area contributed by atoms with E-state index in [0.717, 1.165) is 22.4 Å². The number of nitrogens with zero attached hydrogens (tertiary/aromatic N) is 3. The molecular weight excluding hydrogens is 407 g/mol. The lowest BCUT2D eigenvalue weighted by Gasteiger charge is -2.26. The number of halogens is 3. The first kappa shape index (κ1) is 22.3. The van der Waals surface area contributed by atoms with E-state index >= 15 is 0 Å². The van der Waals surface area contributed by atoms with Crippen molar-refractivity contribution in [1.29, 1.82) is 0 Å². The number of aryl methyl sites for hydroxylation is 1. The summed E-state index contributed by atoms with van der Waals surface area (Å²) in [7, 11) is 0. The molecule has 0 atom stereocenters. The van der Waals surface area contributed by atoms with E-state index in [2.05, 4.69) is 5.10 Å². The lowest BCUT2D eigenvalue weighted by atomic mass is 10.1. The second-order valence-electron chi connectivity index (χ2n) is 7.44. The lowest BCUT2D eigenvalue weighted by molar-refractivity contribution is -0.137. The second-order valence-corrected chi connectivity index (χ2v) is 7.44. The first-order chi connectivity index (χ1) is 14.6. The summed E-state index contributed by atoms with van der Waals surface area (Å²) in [6, 6.07) is 15.0. The predicted molar refractivity (Wildman–Crippen MR) is 111 cm³/mol. The highest BCUT2D eigenvalue weighted by atomic mass is 19.4. The SMILES string of the molecule is Cc1cc(=O)c(C(=O)N(Cc2ccccc2)C(C)C)nn1-c1ccccc1C(F)(F)F. The Morgan fingerprint density at radius 3 is 2.29 bits per heavy atom. The van der Waals surface area contributed by atoms with Crippen molar-refractivity contribution in [2.75, 3.05) is 0 Å². The van der Waals surface area contributed by atoms with Crippen LogP contribution in [0.3, 0.4) is 0 Å². The van der Waals surface area contributed by atoms with Crippen molar-refractivity contribution in [2.45, 2.75) is 39.5 Å². The normalized spacial score (nSPS) is 11.6. The molecule has 162 valence electrons. The summed E-state index contributed by atoms with van der Waals surface area (Å²) in [5.41, 5.74) is -1.16. The van der Waals surface area contributed by atoms with Crippen LogP contribution in [0.5, 0.6) is 0 Å². The number of para-hydroxylation sites is 1. The van der Waals surface area contributed by atoms with Crippen molar-refractivity contribution in [2.24, 2.45) is 0 Å². The molecule has 0 aliphatic rings. The third-order valence-electron chi connectivity index (χ3n) is 4.83. The Bertz CT molecular complexity index is 1140. The van der Waals surface area contributed by atoms with Gasteiger partial charge in [0, 0.05) is 24.3 Å². The average Bonchev–Trinajstić information content (AvgIpc) is 2.71. The van der Waals surface area contributed by atoms with Gasteiger partial charge in [-0.25, -0.2) is 4.68 Å². The molecule has 0 aliphatic carbocycles. The van der Waals surface area contributed by atoms with Crippen LogP contribution in [0.25, 0.3) is 5.69 Å². The molecule has 2 aromatic carbocycles. The number of hydrogen-bond donors (Lipinski definition) is 0. The Balaban J connectivity index is 2.09. The van der Waals surface area contributed by atoms with Crippen LogP contribution in [-0.4, -0.2) is 26.6 Å². The van der Waals surface area contributed by atoms with Crippen molar-refractivity contribution in [3.05, 3.63) is 93.4 Å². The number of amides is 1. The number of carbonyl (C=O) groups is 1. The van der Waals surface area contributed by atoms with E-state index in [1.54, 1.807) is 13.8 Å². The third-order valence-corrected chi connectivity index (χ3v) is 4.83. The van der Waals surface area contributed by atoms with Gasteiger partial charge in [-0.05, 0) is 38.5 Å². The van der Waals surface area contributed by atoms with Gasteiger partial charge in [0.05, 0.1) is 11.3 Å². The maximum absolute atomic E-state index is 13.5. The van der Waals surface area contributed by atoms with Crippen LogP contribution < -0.4 is 5.43 Å². The molecule has 3 aromatic rings. The van der Waals surface area contributed by atoms with Gasteiger partial charge in [0.15, 0.2) is 5.69 Å². The quantitative estimate of drug-likeness (QED) is 0.595. The Morgan fingerprint density at radius 2 is 1.68 bits per heavy atom. The molecule has 1 aromatic heterocycles. The number of benzene rings is 2. The number of alkyl halides is 3. The van der Waals surface area contributed by atoms with E-state index in [9.17, 15) is 22.8 Å². The van der Waals surface area contributed by atoms with Crippen LogP contribution in [-0.2, 0) is 12.7 Å². The maximum Gasteiger partial charge on any atom is 0.418 e. The summed E-state index contributed by atoms with van der Waals surface area (Å²) in [5.74, 6) is -0.637. The van der Waals surface area contributed by atoms with Crippen molar-refractivity contribution < 1.29 is 18.0 Å². The van der Waals surface area contributed by atoms with Crippen LogP contribution in [0.2, 0.25) is 0 Å². The Labute approximate surface area is 177 Å². The number of aromatic nitrogens is 2. The molecule has 0 saturated carbocycles. The van der Waals surface area contributed by atoms with E-state index in [1.807, 2.05) is 30.3 Å². The molecule has 0 aliphatic heterocycles. The Morgan fingerprint density at radius 1 is 1.06 bits per heavy atom. The van der Waals surface area contributed by atoms with Crippen LogP contribution >= 0.6 is 0 Å². The van der Waals surface area contributed by atoms with E-state index in [1.165, 1.54) is 30.0 Å².